The zero-order valence-corrected chi connectivity index (χ0v) is 22.0. The number of pyridine rings is 1. The van der Waals surface area contributed by atoms with Crippen LogP contribution in [-0.2, 0) is 6.54 Å². The zero-order valence-electron chi connectivity index (χ0n) is 18.8. The van der Waals surface area contributed by atoms with Crippen LogP contribution in [0.5, 0.6) is 5.75 Å². The summed E-state index contributed by atoms with van der Waals surface area (Å²) < 4.78 is 7.50. The quantitative estimate of drug-likeness (QED) is 0.364. The smallest absolute Gasteiger partial charge is 0.131 e. The molecular weight excluding hydrogens is 544 g/mol. The summed E-state index contributed by atoms with van der Waals surface area (Å²) in [5.41, 5.74) is 3.14. The standard InChI is InChI=1S/C27H30BrN2O2.BrH/c1-3-18-16-30(17-20-6-4-5-7-24(20)28)13-11-19(18)14-26(30)27(31)22-10-12-29-25-9-8-21(32-2)15-23(22)25;/h3-10,12,15,18-19,26-27,31H,1,11,13-14,16-17H2,2H3;1H/q+1;/p-1. The van der Waals surface area contributed by atoms with Crippen LogP contribution < -0.4 is 21.7 Å². The van der Waals surface area contributed by atoms with Gasteiger partial charge in [-0.15, -0.1) is 6.58 Å². The maximum absolute atomic E-state index is 11.9. The summed E-state index contributed by atoms with van der Waals surface area (Å²) in [5, 5.41) is 12.9. The Bertz CT molecular complexity index is 1150. The third-order valence-corrected chi connectivity index (χ3v) is 8.56. The van der Waals surface area contributed by atoms with Crippen LogP contribution in [0.15, 0.2) is 71.9 Å². The molecule has 0 aliphatic carbocycles. The van der Waals surface area contributed by atoms with Gasteiger partial charge in [0.05, 0.1) is 25.7 Å². The Kier molecular flexibility index (Phi) is 7.29. The van der Waals surface area contributed by atoms with Gasteiger partial charge >= 0.3 is 0 Å². The van der Waals surface area contributed by atoms with Crippen molar-refractivity contribution < 1.29 is 31.3 Å². The summed E-state index contributed by atoms with van der Waals surface area (Å²) in [6, 6.07) is 16.5. The van der Waals surface area contributed by atoms with Crippen LogP contribution >= 0.6 is 15.9 Å². The molecule has 5 atom stereocenters. The predicted octanol–water partition coefficient (Wildman–Crippen LogP) is 2.65. The SMILES string of the molecule is C=CC1C[N+]2(Cc3ccccc3Br)CCC1CC2C(O)c1ccnc2ccc(OC)cc12.[Br-]. The molecule has 6 rings (SSSR count). The first-order valence-electron chi connectivity index (χ1n) is 11.4. The van der Waals surface area contributed by atoms with E-state index < -0.39 is 6.10 Å². The van der Waals surface area contributed by atoms with Gasteiger partial charge in [0.15, 0.2) is 0 Å². The van der Waals surface area contributed by atoms with E-state index >= 15 is 0 Å². The highest BCUT2D eigenvalue weighted by Gasteiger charge is 2.54. The number of nitrogens with zero attached hydrogens (tertiary/aromatic N) is 2. The number of aliphatic hydroxyl groups excluding tert-OH is 1. The minimum atomic E-state index is -0.566. The number of benzene rings is 2. The topological polar surface area (TPSA) is 42.4 Å². The summed E-state index contributed by atoms with van der Waals surface area (Å²) in [4.78, 5) is 4.52. The van der Waals surface area contributed by atoms with Gasteiger partial charge in [-0.25, -0.2) is 0 Å². The van der Waals surface area contributed by atoms with E-state index in [-0.39, 0.29) is 23.0 Å². The highest BCUT2D eigenvalue weighted by atomic mass is 79.9. The number of aromatic nitrogens is 1. The maximum atomic E-state index is 11.9. The van der Waals surface area contributed by atoms with Crippen molar-refractivity contribution in [1.82, 2.24) is 4.98 Å². The average Bonchev–Trinajstić information content (AvgIpc) is 2.84. The van der Waals surface area contributed by atoms with E-state index in [0.717, 1.165) is 57.2 Å². The van der Waals surface area contributed by atoms with Gasteiger partial charge in [-0.3, -0.25) is 4.98 Å². The van der Waals surface area contributed by atoms with Gasteiger partial charge in [0, 0.05) is 40.4 Å². The van der Waals surface area contributed by atoms with Crippen LogP contribution in [0.4, 0.5) is 0 Å². The van der Waals surface area contributed by atoms with Crippen molar-refractivity contribution in [3.05, 3.63) is 83.0 Å². The van der Waals surface area contributed by atoms with Crippen LogP contribution in [0, 0.1) is 11.8 Å². The molecule has 0 saturated carbocycles. The van der Waals surface area contributed by atoms with Crippen LogP contribution in [0.2, 0.25) is 0 Å². The molecule has 1 N–H and O–H groups in total. The summed E-state index contributed by atoms with van der Waals surface area (Å²) >= 11 is 3.76. The molecule has 3 fully saturated rings. The van der Waals surface area contributed by atoms with Crippen LogP contribution in [-0.4, -0.2) is 40.8 Å². The maximum Gasteiger partial charge on any atom is 0.131 e. The Morgan fingerprint density at radius 3 is 2.85 bits per heavy atom. The van der Waals surface area contributed by atoms with Crippen molar-refractivity contribution in [3.63, 3.8) is 0 Å². The van der Waals surface area contributed by atoms with E-state index in [1.807, 2.05) is 30.5 Å². The first kappa shape index (κ1) is 24.4. The fourth-order valence-corrected chi connectivity index (χ4v) is 6.50. The number of halogens is 2. The number of aliphatic hydroxyl groups is 1. The van der Waals surface area contributed by atoms with E-state index in [2.05, 4.69) is 57.8 Å². The summed E-state index contributed by atoms with van der Waals surface area (Å²) in [7, 11) is 1.67. The highest BCUT2D eigenvalue weighted by molar-refractivity contribution is 9.10. The normalized spacial score (nSPS) is 27.1. The minimum absolute atomic E-state index is 0. The predicted molar refractivity (Wildman–Crippen MR) is 131 cm³/mol. The monoisotopic (exact) mass is 572 g/mol. The molecule has 174 valence electrons. The number of piperidine rings is 3. The molecule has 2 aromatic carbocycles. The number of hydrogen-bond donors (Lipinski definition) is 1. The molecule has 0 amide bonds. The lowest BCUT2D eigenvalue weighted by Gasteiger charge is -2.58. The number of quaternary nitrogens is 1. The molecule has 5 unspecified atom stereocenters. The Labute approximate surface area is 214 Å². The van der Waals surface area contributed by atoms with E-state index in [1.165, 1.54) is 12.0 Å². The molecule has 3 aliphatic heterocycles. The second kappa shape index (κ2) is 9.87. The van der Waals surface area contributed by atoms with Crippen molar-refractivity contribution in [2.45, 2.75) is 31.5 Å². The van der Waals surface area contributed by atoms with Crippen molar-refractivity contribution in [1.29, 1.82) is 0 Å². The zero-order chi connectivity index (χ0) is 22.3. The van der Waals surface area contributed by atoms with E-state index in [1.54, 1.807) is 7.11 Å². The molecule has 0 spiro atoms. The Hall–Kier alpha value is -1.73. The molecule has 1 aromatic heterocycles. The summed E-state index contributed by atoms with van der Waals surface area (Å²) in [6.45, 7) is 7.17. The van der Waals surface area contributed by atoms with Gasteiger partial charge in [-0.1, -0.05) is 40.2 Å². The van der Waals surface area contributed by atoms with Crippen molar-refractivity contribution in [2.75, 3.05) is 20.2 Å². The van der Waals surface area contributed by atoms with Crippen LogP contribution in [0.25, 0.3) is 10.9 Å². The lowest BCUT2D eigenvalue weighted by Crippen LogP contribution is -3.00. The largest absolute Gasteiger partial charge is 1.00 e. The number of rotatable bonds is 6. The molecule has 4 nitrogen and oxygen atoms in total. The van der Waals surface area contributed by atoms with Gasteiger partial charge in [0.25, 0.3) is 0 Å². The number of methoxy groups -OCH3 is 1. The van der Waals surface area contributed by atoms with Crippen molar-refractivity contribution >= 4 is 26.8 Å². The first-order valence-corrected chi connectivity index (χ1v) is 12.2. The number of ether oxygens (including phenoxy) is 1. The van der Waals surface area contributed by atoms with Gasteiger partial charge in [0.1, 0.15) is 24.4 Å². The molecule has 3 aliphatic rings. The minimum Gasteiger partial charge on any atom is -1.00 e. The molecular formula is C27H30Br2N2O2. The van der Waals surface area contributed by atoms with Crippen molar-refractivity contribution in [3.8, 4) is 5.75 Å². The molecule has 0 radical (unpaired) electrons. The third-order valence-electron chi connectivity index (χ3n) is 7.78. The Balaban J connectivity index is 0.00000259. The van der Waals surface area contributed by atoms with Gasteiger partial charge in [0.2, 0.25) is 0 Å². The van der Waals surface area contributed by atoms with E-state index in [4.69, 9.17) is 4.74 Å². The van der Waals surface area contributed by atoms with E-state index in [0.29, 0.717) is 11.8 Å². The molecule has 6 heteroatoms. The Morgan fingerprint density at radius 2 is 2.09 bits per heavy atom. The molecule has 4 heterocycles. The molecule has 3 saturated heterocycles. The summed E-state index contributed by atoms with van der Waals surface area (Å²) in [5.74, 6) is 1.88. The molecule has 2 bridgehead atoms. The highest BCUT2D eigenvalue weighted by Crippen LogP contribution is 2.48. The van der Waals surface area contributed by atoms with Gasteiger partial charge in [-0.05, 0) is 41.8 Å². The lowest BCUT2D eigenvalue weighted by atomic mass is 9.71. The fraction of sp³-hybridized carbons (Fsp3) is 0.370. The fourth-order valence-electron chi connectivity index (χ4n) is 6.09. The van der Waals surface area contributed by atoms with Gasteiger partial charge < -0.3 is 31.3 Å². The van der Waals surface area contributed by atoms with Crippen LogP contribution in [0.3, 0.4) is 0 Å². The first-order chi connectivity index (χ1) is 15.5. The van der Waals surface area contributed by atoms with Gasteiger partial charge in [-0.2, -0.15) is 0 Å². The number of hydrogen-bond acceptors (Lipinski definition) is 3. The lowest BCUT2D eigenvalue weighted by molar-refractivity contribution is -0.985. The number of fused-ring (bicyclic) bond motifs is 4. The Morgan fingerprint density at radius 1 is 1.27 bits per heavy atom. The summed E-state index contributed by atoms with van der Waals surface area (Å²) in [6.07, 6.45) is 5.59. The third kappa shape index (κ3) is 4.39. The molecule has 3 aromatic rings. The second-order valence-electron chi connectivity index (χ2n) is 9.35. The second-order valence-corrected chi connectivity index (χ2v) is 10.2. The average molecular weight is 574 g/mol. The van der Waals surface area contributed by atoms with Crippen LogP contribution in [0.1, 0.15) is 30.1 Å². The van der Waals surface area contributed by atoms with Crippen molar-refractivity contribution in [2.24, 2.45) is 11.8 Å². The molecule has 33 heavy (non-hydrogen) atoms. The van der Waals surface area contributed by atoms with E-state index in [9.17, 15) is 5.11 Å².